The van der Waals surface area contributed by atoms with E-state index in [2.05, 4.69) is 120 Å². The topological polar surface area (TPSA) is 104 Å². The van der Waals surface area contributed by atoms with Crippen molar-refractivity contribution in [3.05, 3.63) is 143 Å². The second-order valence-electron chi connectivity index (χ2n) is 17.1. The molecule has 4 aromatic carbocycles. The quantitative estimate of drug-likeness (QED) is 0.112. The van der Waals surface area contributed by atoms with Gasteiger partial charge in [-0.05, 0) is 110 Å². The van der Waals surface area contributed by atoms with Crippen LogP contribution in [0.5, 0.6) is 0 Å². The van der Waals surface area contributed by atoms with Crippen LogP contribution in [0.2, 0.25) is 0 Å². The minimum Gasteiger partial charge on any atom is -0.343 e. The van der Waals surface area contributed by atoms with Gasteiger partial charge in [0.15, 0.2) is 0 Å². The highest BCUT2D eigenvalue weighted by atomic mass is 16.2. The molecule has 2 N–H and O–H groups in total. The summed E-state index contributed by atoms with van der Waals surface area (Å²) in [5.41, 5.74) is 11.7. The number of rotatable bonds is 13. The summed E-state index contributed by atoms with van der Waals surface area (Å²) in [7, 11) is 0. The molecule has 2 amide bonds. The first kappa shape index (κ1) is 41.5. The van der Waals surface area contributed by atoms with E-state index in [4.69, 9.17) is 9.97 Å². The minimum absolute atomic E-state index is 0.0974. The van der Waals surface area contributed by atoms with Crippen LogP contribution in [-0.2, 0) is 22.4 Å². The van der Waals surface area contributed by atoms with E-state index in [1.807, 2.05) is 41.3 Å². The first-order chi connectivity index (χ1) is 30.3. The maximum Gasteiger partial charge on any atom is 0.245 e. The van der Waals surface area contributed by atoms with Gasteiger partial charge in [-0.1, -0.05) is 119 Å². The second-order valence-corrected chi connectivity index (χ2v) is 17.1. The van der Waals surface area contributed by atoms with E-state index < -0.39 is 0 Å². The van der Waals surface area contributed by atoms with Gasteiger partial charge >= 0.3 is 0 Å². The van der Waals surface area contributed by atoms with Crippen molar-refractivity contribution in [2.45, 2.75) is 90.4 Å². The fraction of sp³-hybridized carbons (Fsp3) is 0.385. The Balaban J connectivity index is 0.974. The predicted octanol–water partition coefficient (Wildman–Crippen LogP) is 9.77. The number of hydrogen-bond donors (Lipinski definition) is 2. The summed E-state index contributed by atoms with van der Waals surface area (Å²) in [5, 5.41) is 0. The lowest BCUT2D eigenvalue weighted by atomic mass is 9.96. The van der Waals surface area contributed by atoms with E-state index in [1.165, 1.54) is 5.56 Å². The van der Waals surface area contributed by atoms with Gasteiger partial charge < -0.3 is 19.8 Å². The number of amides is 2. The van der Waals surface area contributed by atoms with E-state index in [1.54, 1.807) is 0 Å². The van der Waals surface area contributed by atoms with Crippen LogP contribution in [0.1, 0.15) is 112 Å². The molecule has 2 aromatic heterocycles. The van der Waals surface area contributed by atoms with Crippen molar-refractivity contribution in [1.29, 1.82) is 0 Å². The molecule has 4 atom stereocenters. The number of aromatic amines is 2. The molecular formula is C52H60N8O2. The Bertz CT molecular complexity index is 2550. The van der Waals surface area contributed by atoms with Crippen LogP contribution in [0.4, 0.5) is 0 Å². The Hall–Kier alpha value is -5.84. The van der Waals surface area contributed by atoms with Crippen molar-refractivity contribution in [3.8, 4) is 22.4 Å². The van der Waals surface area contributed by atoms with E-state index in [0.29, 0.717) is 6.54 Å². The number of hydrogen-bond acceptors (Lipinski definition) is 6. The summed E-state index contributed by atoms with van der Waals surface area (Å²) in [4.78, 5) is 55.3. The monoisotopic (exact) mass is 828 g/mol. The van der Waals surface area contributed by atoms with Crippen molar-refractivity contribution >= 4 is 22.8 Å². The third-order valence-corrected chi connectivity index (χ3v) is 13.7. The fourth-order valence-electron chi connectivity index (χ4n) is 10.4. The Labute approximate surface area is 366 Å². The largest absolute Gasteiger partial charge is 0.343 e. The van der Waals surface area contributed by atoms with E-state index >= 15 is 0 Å². The van der Waals surface area contributed by atoms with E-state index in [-0.39, 0.29) is 36.0 Å². The number of fused-ring (bicyclic) bond motifs is 4. The van der Waals surface area contributed by atoms with Crippen molar-refractivity contribution in [2.24, 2.45) is 0 Å². The molecule has 0 radical (unpaired) electrons. The number of nitrogens with one attached hydrogen (secondary N) is 2. The molecule has 10 nitrogen and oxygen atoms in total. The Morgan fingerprint density at radius 2 is 1.32 bits per heavy atom. The number of imidazole rings is 2. The average molecular weight is 829 g/mol. The molecule has 2 aliphatic heterocycles. The van der Waals surface area contributed by atoms with Crippen molar-refractivity contribution in [3.63, 3.8) is 0 Å². The van der Waals surface area contributed by atoms with Gasteiger partial charge in [0.2, 0.25) is 11.8 Å². The number of aryl methyl sites for hydroxylation is 2. The summed E-state index contributed by atoms with van der Waals surface area (Å²) in [5.74, 6) is 1.90. The maximum absolute atomic E-state index is 14.6. The van der Waals surface area contributed by atoms with Crippen LogP contribution in [-0.4, -0.2) is 90.6 Å². The summed E-state index contributed by atoms with van der Waals surface area (Å²) in [6.07, 6.45) is 5.42. The van der Waals surface area contributed by atoms with Gasteiger partial charge in [0.05, 0.1) is 22.8 Å². The molecule has 3 aliphatic rings. The smallest absolute Gasteiger partial charge is 0.245 e. The molecule has 6 aromatic rings. The van der Waals surface area contributed by atoms with Crippen molar-refractivity contribution in [1.82, 2.24) is 39.5 Å². The number of likely N-dealkylation sites (N-methyl/N-ethyl adjacent to an activating group) is 2. The molecule has 2 fully saturated rings. The number of carbonyl (C=O) groups is 2. The lowest BCUT2D eigenvalue weighted by Gasteiger charge is -2.34. The third-order valence-electron chi connectivity index (χ3n) is 13.7. The molecule has 10 heteroatoms. The molecule has 1 aliphatic carbocycles. The summed E-state index contributed by atoms with van der Waals surface area (Å²) >= 11 is 0. The van der Waals surface area contributed by atoms with Crippen LogP contribution >= 0.6 is 0 Å². The zero-order valence-electron chi connectivity index (χ0n) is 36.7. The van der Waals surface area contributed by atoms with Gasteiger partial charge in [0.25, 0.3) is 0 Å². The normalized spacial score (nSPS) is 18.6. The van der Waals surface area contributed by atoms with Gasteiger partial charge in [-0.15, -0.1) is 0 Å². The molecule has 0 bridgehead atoms. The zero-order chi connectivity index (χ0) is 42.9. The molecule has 320 valence electrons. The van der Waals surface area contributed by atoms with Crippen LogP contribution in [0.15, 0.2) is 109 Å². The SMILES string of the molecule is C=C1CCN(C(=O)[C@@H](c2ccccc2)N(CC)CC)[C@@H]1c1nc2c([nH]1)CCCc1cc(-c3ccc4nc([C@@H]5CCCN5C(=O)[C@@H](c5ccccc5)N(CC)CC)[nH]c4c3)ccc1-2. The summed E-state index contributed by atoms with van der Waals surface area (Å²) in [6.45, 7) is 17.5. The summed E-state index contributed by atoms with van der Waals surface area (Å²) in [6, 6.07) is 32.5. The second kappa shape index (κ2) is 17.9. The molecule has 4 heterocycles. The lowest BCUT2D eigenvalue weighted by Crippen LogP contribution is -2.43. The number of likely N-dealkylation sites (tertiary alicyclic amines) is 2. The molecule has 62 heavy (non-hydrogen) atoms. The number of H-pyrrole nitrogens is 2. The molecule has 9 rings (SSSR count). The lowest BCUT2D eigenvalue weighted by molar-refractivity contribution is -0.139. The van der Waals surface area contributed by atoms with Crippen LogP contribution in [0.25, 0.3) is 33.4 Å². The standard InChI is InChI=1S/C52H60N8O2/c1-6-57(7-2)47(35-18-12-10-13-19-35)51(61)59-30-17-24-44(59)49-53-41-28-26-38(33-43(41)55-49)37-25-27-40-39(32-37)22-16-23-42-45(40)56-50(54-42)46-34(5)29-31-60(46)52(62)48(58(8-3)9-4)36-20-14-11-15-21-36/h10-15,18-21,25-28,32-33,44,46-48H,5-9,16-17,22-24,29-31H2,1-4H3,(H,53,55)(H,54,56)/t44-,46-,47+,48+/m0/s1. The van der Waals surface area contributed by atoms with Gasteiger partial charge in [-0.3, -0.25) is 19.4 Å². The maximum atomic E-state index is 14.6. The molecular weight excluding hydrogens is 769 g/mol. The average Bonchev–Trinajstić information content (AvgIpc) is 4.12. The van der Waals surface area contributed by atoms with Crippen LogP contribution < -0.4 is 0 Å². The first-order valence-corrected chi connectivity index (χ1v) is 22.9. The number of carbonyl (C=O) groups excluding carboxylic acids is 2. The van der Waals surface area contributed by atoms with Gasteiger partial charge in [0.1, 0.15) is 29.8 Å². The number of benzene rings is 4. The van der Waals surface area contributed by atoms with E-state index in [9.17, 15) is 9.59 Å². The van der Waals surface area contributed by atoms with Crippen molar-refractivity contribution < 1.29 is 9.59 Å². The Morgan fingerprint density at radius 3 is 1.98 bits per heavy atom. The number of nitrogens with zero attached hydrogens (tertiary/aromatic N) is 6. The van der Waals surface area contributed by atoms with Gasteiger partial charge in [-0.2, -0.15) is 0 Å². The highest BCUT2D eigenvalue weighted by Gasteiger charge is 2.41. The third kappa shape index (κ3) is 7.68. The number of aromatic nitrogens is 4. The molecule has 2 saturated heterocycles. The van der Waals surface area contributed by atoms with Crippen LogP contribution in [0, 0.1) is 0 Å². The Morgan fingerprint density at radius 1 is 0.694 bits per heavy atom. The predicted molar refractivity (Wildman–Crippen MR) is 247 cm³/mol. The first-order valence-electron chi connectivity index (χ1n) is 22.9. The van der Waals surface area contributed by atoms with Gasteiger partial charge in [0, 0.05) is 24.3 Å². The fourth-order valence-corrected chi connectivity index (χ4v) is 10.4. The van der Waals surface area contributed by atoms with Gasteiger partial charge in [-0.25, -0.2) is 9.97 Å². The highest BCUT2D eigenvalue weighted by Crippen LogP contribution is 2.42. The summed E-state index contributed by atoms with van der Waals surface area (Å²) < 4.78 is 0. The molecule has 0 saturated carbocycles. The van der Waals surface area contributed by atoms with E-state index in [0.717, 1.165) is 139 Å². The molecule has 0 unspecified atom stereocenters. The van der Waals surface area contributed by atoms with Crippen molar-refractivity contribution in [2.75, 3.05) is 39.3 Å². The minimum atomic E-state index is -0.365. The Kier molecular flexibility index (Phi) is 12.0. The molecule has 0 spiro atoms. The van der Waals surface area contributed by atoms with Crippen LogP contribution in [0.3, 0.4) is 0 Å². The highest BCUT2D eigenvalue weighted by molar-refractivity contribution is 5.86. The zero-order valence-corrected chi connectivity index (χ0v) is 36.7.